The molecule has 0 unspecified atom stereocenters. The molecule has 0 spiro atoms. The smallest absolute Gasteiger partial charge is 0.337 e. The lowest BCUT2D eigenvalue weighted by Crippen LogP contribution is -2.02. The van der Waals surface area contributed by atoms with Crippen molar-refractivity contribution in [3.8, 4) is 0 Å². The zero-order valence-electron chi connectivity index (χ0n) is 10.5. The number of methoxy groups -OCH3 is 2. The van der Waals surface area contributed by atoms with E-state index in [4.69, 9.17) is 4.74 Å². The van der Waals surface area contributed by atoms with Gasteiger partial charge in [0.1, 0.15) is 0 Å². The number of nitrogens with zero attached hydrogens (tertiary/aromatic N) is 2. The maximum atomic E-state index is 11.4. The van der Waals surface area contributed by atoms with Gasteiger partial charge in [-0.3, -0.25) is 0 Å². The van der Waals surface area contributed by atoms with Crippen molar-refractivity contribution < 1.29 is 14.3 Å². The molecule has 5 heteroatoms. The fourth-order valence-corrected chi connectivity index (χ4v) is 1.87. The number of benzene rings is 1. The van der Waals surface area contributed by atoms with Gasteiger partial charge in [0.2, 0.25) is 0 Å². The van der Waals surface area contributed by atoms with E-state index < -0.39 is 0 Å². The van der Waals surface area contributed by atoms with Crippen molar-refractivity contribution >= 4 is 17.0 Å². The maximum absolute atomic E-state index is 11.4. The quantitative estimate of drug-likeness (QED) is 0.598. The number of carbonyl (C=O) groups excluding carboxylic acids is 1. The summed E-state index contributed by atoms with van der Waals surface area (Å²) in [4.78, 5) is 15.7. The van der Waals surface area contributed by atoms with Crippen LogP contribution in [0.2, 0.25) is 0 Å². The van der Waals surface area contributed by atoms with Crippen LogP contribution in [0.3, 0.4) is 0 Å². The van der Waals surface area contributed by atoms with E-state index in [1.165, 1.54) is 7.11 Å². The molecular formula is C13H16N2O3. The highest BCUT2D eigenvalue weighted by Crippen LogP contribution is 2.16. The molecule has 96 valence electrons. The predicted molar refractivity (Wildman–Crippen MR) is 67.6 cm³/mol. The fraction of sp³-hybridized carbons (Fsp3) is 0.385. The van der Waals surface area contributed by atoms with E-state index in [0.717, 1.165) is 30.6 Å². The molecule has 0 radical (unpaired) electrons. The third-order valence-electron chi connectivity index (χ3n) is 2.79. The molecule has 0 N–H and O–H groups in total. The van der Waals surface area contributed by atoms with Gasteiger partial charge in [-0.25, -0.2) is 9.78 Å². The van der Waals surface area contributed by atoms with Crippen molar-refractivity contribution in [3.63, 3.8) is 0 Å². The second-order valence-electron chi connectivity index (χ2n) is 3.98. The molecule has 18 heavy (non-hydrogen) atoms. The van der Waals surface area contributed by atoms with Crippen LogP contribution in [0.1, 0.15) is 16.8 Å². The Labute approximate surface area is 105 Å². The number of carbonyl (C=O) groups is 1. The van der Waals surface area contributed by atoms with E-state index in [1.807, 2.05) is 6.07 Å². The first-order chi connectivity index (χ1) is 8.76. The van der Waals surface area contributed by atoms with Crippen LogP contribution in [0.25, 0.3) is 11.0 Å². The van der Waals surface area contributed by atoms with E-state index in [2.05, 4.69) is 14.3 Å². The molecular weight excluding hydrogens is 232 g/mol. The van der Waals surface area contributed by atoms with Crippen LogP contribution in [0.15, 0.2) is 24.5 Å². The summed E-state index contributed by atoms with van der Waals surface area (Å²) in [6, 6.07) is 5.39. The minimum atomic E-state index is -0.342. The van der Waals surface area contributed by atoms with Crippen molar-refractivity contribution in [1.82, 2.24) is 9.55 Å². The maximum Gasteiger partial charge on any atom is 0.337 e. The number of hydrogen-bond acceptors (Lipinski definition) is 4. The van der Waals surface area contributed by atoms with Crippen molar-refractivity contribution in [2.24, 2.45) is 0 Å². The van der Waals surface area contributed by atoms with Gasteiger partial charge in [0.25, 0.3) is 0 Å². The average Bonchev–Trinajstić information content (AvgIpc) is 2.80. The van der Waals surface area contributed by atoms with Gasteiger partial charge in [-0.15, -0.1) is 0 Å². The second kappa shape index (κ2) is 5.64. The highest BCUT2D eigenvalue weighted by molar-refractivity contribution is 5.93. The highest BCUT2D eigenvalue weighted by Gasteiger charge is 2.08. The van der Waals surface area contributed by atoms with E-state index in [-0.39, 0.29) is 5.97 Å². The first-order valence-corrected chi connectivity index (χ1v) is 5.78. The Morgan fingerprint density at radius 3 is 2.94 bits per heavy atom. The molecule has 0 aliphatic rings. The summed E-state index contributed by atoms with van der Waals surface area (Å²) in [5, 5.41) is 0. The monoisotopic (exact) mass is 248 g/mol. The first kappa shape index (κ1) is 12.6. The van der Waals surface area contributed by atoms with Crippen LogP contribution in [0.4, 0.5) is 0 Å². The lowest BCUT2D eigenvalue weighted by molar-refractivity contribution is 0.0601. The van der Waals surface area contributed by atoms with Crippen molar-refractivity contribution in [3.05, 3.63) is 30.1 Å². The highest BCUT2D eigenvalue weighted by atomic mass is 16.5. The Kier molecular flexibility index (Phi) is 3.94. The zero-order chi connectivity index (χ0) is 13.0. The Balaban J connectivity index is 2.23. The molecule has 1 aromatic heterocycles. The summed E-state index contributed by atoms with van der Waals surface area (Å²) in [7, 11) is 3.06. The van der Waals surface area contributed by atoms with Crippen molar-refractivity contribution in [1.29, 1.82) is 0 Å². The molecule has 1 heterocycles. The molecule has 2 rings (SSSR count). The number of ether oxygens (including phenoxy) is 2. The summed E-state index contributed by atoms with van der Waals surface area (Å²) in [6.45, 7) is 1.57. The Morgan fingerprint density at radius 2 is 2.22 bits per heavy atom. The first-order valence-electron chi connectivity index (χ1n) is 5.78. The van der Waals surface area contributed by atoms with Crippen molar-refractivity contribution in [2.45, 2.75) is 13.0 Å². The van der Waals surface area contributed by atoms with Gasteiger partial charge in [-0.1, -0.05) is 0 Å². The number of rotatable bonds is 5. The van der Waals surface area contributed by atoms with Gasteiger partial charge in [0.05, 0.1) is 30.0 Å². The third-order valence-corrected chi connectivity index (χ3v) is 2.79. The van der Waals surface area contributed by atoms with Crippen LogP contribution >= 0.6 is 0 Å². The molecule has 0 saturated carbocycles. The summed E-state index contributed by atoms with van der Waals surface area (Å²) >= 11 is 0. The molecule has 0 bridgehead atoms. The largest absolute Gasteiger partial charge is 0.465 e. The Bertz CT molecular complexity index is 548. The summed E-state index contributed by atoms with van der Waals surface area (Å²) in [5.41, 5.74) is 2.33. The standard InChI is InChI=1S/C13H16N2O3/c1-17-7-3-6-15-9-14-11-8-10(13(16)18-2)4-5-12(11)15/h4-5,8-9H,3,6-7H2,1-2H3. The number of hydrogen-bond donors (Lipinski definition) is 0. The molecule has 0 amide bonds. The van der Waals surface area contributed by atoms with Gasteiger partial charge < -0.3 is 14.0 Å². The molecule has 1 aromatic carbocycles. The van der Waals surface area contributed by atoms with Gasteiger partial charge in [-0.05, 0) is 24.6 Å². The fourth-order valence-electron chi connectivity index (χ4n) is 1.87. The van der Waals surface area contributed by atoms with Gasteiger partial charge >= 0.3 is 5.97 Å². The van der Waals surface area contributed by atoms with Crippen LogP contribution < -0.4 is 0 Å². The zero-order valence-corrected chi connectivity index (χ0v) is 10.5. The molecule has 0 atom stereocenters. The lowest BCUT2D eigenvalue weighted by Gasteiger charge is -2.04. The molecule has 0 aliphatic carbocycles. The number of esters is 1. The predicted octanol–water partition coefficient (Wildman–Crippen LogP) is 1.86. The van der Waals surface area contributed by atoms with Crippen LogP contribution in [0, 0.1) is 0 Å². The SMILES string of the molecule is COCCCn1cnc2cc(C(=O)OC)ccc21. The molecule has 2 aromatic rings. The minimum absolute atomic E-state index is 0.342. The molecule has 0 aliphatic heterocycles. The van der Waals surface area contributed by atoms with Gasteiger partial charge in [-0.2, -0.15) is 0 Å². The van der Waals surface area contributed by atoms with Crippen LogP contribution in [-0.4, -0.2) is 36.3 Å². The van der Waals surface area contributed by atoms with Gasteiger partial charge in [0, 0.05) is 20.3 Å². The topological polar surface area (TPSA) is 53.4 Å². The molecule has 5 nitrogen and oxygen atoms in total. The van der Waals surface area contributed by atoms with E-state index in [0.29, 0.717) is 5.56 Å². The summed E-state index contributed by atoms with van der Waals surface area (Å²) in [6.07, 6.45) is 2.71. The van der Waals surface area contributed by atoms with E-state index in [1.54, 1.807) is 25.6 Å². The number of aromatic nitrogens is 2. The molecule has 0 saturated heterocycles. The van der Waals surface area contributed by atoms with Crippen molar-refractivity contribution in [2.75, 3.05) is 20.8 Å². The average molecular weight is 248 g/mol. The lowest BCUT2D eigenvalue weighted by atomic mass is 10.2. The summed E-state index contributed by atoms with van der Waals surface area (Å²) in [5.74, 6) is -0.342. The Hall–Kier alpha value is -1.88. The number of aryl methyl sites for hydroxylation is 1. The van der Waals surface area contributed by atoms with E-state index in [9.17, 15) is 4.79 Å². The Morgan fingerprint density at radius 1 is 1.39 bits per heavy atom. The molecule has 0 fully saturated rings. The van der Waals surface area contributed by atoms with Crippen LogP contribution in [0.5, 0.6) is 0 Å². The van der Waals surface area contributed by atoms with Crippen LogP contribution in [-0.2, 0) is 16.0 Å². The normalized spacial score (nSPS) is 10.8. The van der Waals surface area contributed by atoms with E-state index >= 15 is 0 Å². The van der Waals surface area contributed by atoms with Gasteiger partial charge in [0.15, 0.2) is 0 Å². The summed E-state index contributed by atoms with van der Waals surface area (Å²) < 4.78 is 11.8. The number of fused-ring (bicyclic) bond motifs is 1. The third kappa shape index (κ3) is 2.51. The minimum Gasteiger partial charge on any atom is -0.465 e. The second-order valence-corrected chi connectivity index (χ2v) is 3.98. The number of imidazole rings is 1.